The molecule has 0 aliphatic rings. The van der Waals surface area contributed by atoms with Gasteiger partial charge in [-0.2, -0.15) is 0 Å². The van der Waals surface area contributed by atoms with E-state index in [1.165, 1.54) is 0 Å². The Balaban J connectivity index is -0.0000000982. The van der Waals surface area contributed by atoms with E-state index in [0.29, 0.717) is 12.8 Å². The number of ether oxygens (including phenoxy) is 2. The Kier molecular flexibility index (Phi) is 77.1. The predicted molar refractivity (Wildman–Crippen MR) is 162 cm³/mol. The van der Waals surface area contributed by atoms with Crippen molar-refractivity contribution in [1.29, 1.82) is 0 Å². The summed E-state index contributed by atoms with van der Waals surface area (Å²) in [6.45, 7) is 4.18. The van der Waals surface area contributed by atoms with Crippen LogP contribution in [0.15, 0.2) is 30.3 Å². The number of aliphatic hydroxyl groups excluding tert-OH is 1. The Morgan fingerprint density at radius 3 is 1.84 bits per heavy atom. The first kappa shape index (κ1) is 67.7. The Hall–Kier alpha value is -2.78. The van der Waals surface area contributed by atoms with Gasteiger partial charge in [-0.25, -0.2) is 0 Å². The van der Waals surface area contributed by atoms with Gasteiger partial charge in [0.1, 0.15) is 13.2 Å². The van der Waals surface area contributed by atoms with E-state index in [1.807, 2.05) is 44.2 Å². The number of aliphatic hydroxyl groups is 1. The zero-order valence-electron chi connectivity index (χ0n) is 20.5. The number of Topliss-reactive ketones (excluding diaryl/α,β-unsaturated/α-hetero) is 1. The first-order valence-corrected chi connectivity index (χ1v) is 10.7. The third-order valence-corrected chi connectivity index (χ3v) is 4.34. The summed E-state index contributed by atoms with van der Waals surface area (Å²) in [5.41, 5.74) is 6.78. The monoisotopic (exact) mass is 652 g/mol. The molecule has 2 unspecified atom stereocenters. The van der Waals surface area contributed by atoms with Gasteiger partial charge in [0.15, 0.2) is 5.78 Å². The van der Waals surface area contributed by atoms with Gasteiger partial charge in [0.2, 0.25) is 5.91 Å². The minimum absolute atomic E-state index is 0. The van der Waals surface area contributed by atoms with Gasteiger partial charge in [-0.05, 0) is 30.7 Å². The van der Waals surface area contributed by atoms with E-state index in [2.05, 4.69) is 5.32 Å². The molecule has 0 saturated heterocycles. The zero-order chi connectivity index (χ0) is 28.4. The molecule has 8 nitrogen and oxygen atoms in total. The van der Waals surface area contributed by atoms with Crippen LogP contribution in [-0.4, -0.2) is 54.7 Å². The lowest BCUT2D eigenvalue weighted by Gasteiger charge is -2.21. The third kappa shape index (κ3) is 39.2. The quantitative estimate of drug-likeness (QED) is 0.100. The number of carbonyl (C=O) groups is 3. The van der Waals surface area contributed by atoms with Crippen molar-refractivity contribution < 1.29 is 61.1 Å². The molecule has 0 bridgehead atoms. The van der Waals surface area contributed by atoms with Gasteiger partial charge in [-0.15, -0.1) is 0 Å². The van der Waals surface area contributed by atoms with Gasteiger partial charge in [0, 0.05) is 47.1 Å². The highest BCUT2D eigenvalue weighted by atomic mass is 20.0. The lowest BCUT2D eigenvalue weighted by molar-refractivity contribution is -0.145. The van der Waals surface area contributed by atoms with Crippen LogP contribution in [0.25, 0.3) is 0 Å². The summed E-state index contributed by atoms with van der Waals surface area (Å²) in [5.74, 6) is -0.986. The molecule has 0 heterocycles. The summed E-state index contributed by atoms with van der Waals surface area (Å²) >= 11 is 0. The highest BCUT2D eigenvalue weighted by molar-refractivity contribution is 5.91. The van der Waals surface area contributed by atoms with Crippen LogP contribution >= 0.6 is 0 Å². The van der Waals surface area contributed by atoms with Crippen LogP contribution in [0.2, 0.25) is 0 Å². The fourth-order valence-corrected chi connectivity index (χ4v) is 2.68. The van der Waals surface area contributed by atoms with Crippen molar-refractivity contribution in [3.05, 3.63) is 35.9 Å². The van der Waals surface area contributed by atoms with Gasteiger partial charge in [0.25, 0.3) is 0 Å². The molecule has 1 aromatic carbocycles. The van der Waals surface area contributed by atoms with E-state index in [4.69, 9.17) is 47.8 Å². The number of carbonyl (C=O) groups excluding carboxylic acids is 3. The second-order valence-electron chi connectivity index (χ2n) is 7.58. The number of esters is 1. The van der Waals surface area contributed by atoms with Crippen LogP contribution in [0.4, 0.5) is 32.1 Å². The Bertz CT molecular complexity index is 680. The number of amides is 1. The summed E-state index contributed by atoms with van der Waals surface area (Å²) in [7, 11) is 0. The normalized spacial score (nSPS) is 9.47. The van der Waals surface area contributed by atoms with Crippen LogP contribution in [-0.2, 0) is 30.5 Å². The molecule has 4 N–H and O–H groups in total. The molecule has 0 radical (unpaired) electrons. The Morgan fingerprint density at radius 2 is 1.40 bits per heavy atom. The van der Waals surface area contributed by atoms with E-state index in [9.17, 15) is 14.4 Å². The second-order valence-corrected chi connectivity index (χ2v) is 7.58. The molecular formula is C28H59F7N2O6. The maximum atomic E-state index is 12.4. The van der Waals surface area contributed by atoms with Gasteiger partial charge >= 0.3 is 5.97 Å². The van der Waals surface area contributed by atoms with E-state index in [1.54, 1.807) is 0 Å². The number of halogens is 7. The third-order valence-electron chi connectivity index (χ3n) is 4.34. The average Bonchev–Trinajstić information content (AvgIpc) is 2.91. The van der Waals surface area contributed by atoms with Crippen LogP contribution in [0.5, 0.6) is 0 Å². The maximum absolute atomic E-state index is 12.4. The smallest absolute Gasteiger partial charge is 0.306 e. The van der Waals surface area contributed by atoms with E-state index < -0.39 is 24.0 Å². The summed E-state index contributed by atoms with van der Waals surface area (Å²) in [4.78, 5) is 36.7. The van der Waals surface area contributed by atoms with Crippen molar-refractivity contribution in [2.24, 2.45) is 11.7 Å². The number of nitrogens with one attached hydrogen (secondary N) is 1. The Morgan fingerprint density at radius 1 is 0.907 bits per heavy atom. The van der Waals surface area contributed by atoms with Gasteiger partial charge < -0.3 is 25.6 Å². The maximum Gasteiger partial charge on any atom is 0.306 e. The summed E-state index contributed by atoms with van der Waals surface area (Å²) in [6.07, 6.45) is 1.03. The second kappa shape index (κ2) is 48.9. The number of nitrogens with two attached hydrogens (primary N) is 1. The predicted octanol–water partition coefficient (Wildman–Crippen LogP) is 7.83. The van der Waals surface area contributed by atoms with E-state index >= 15 is 0 Å². The molecule has 1 amide bonds. The molecular weight excluding hydrogens is 593 g/mol. The fourth-order valence-electron chi connectivity index (χ4n) is 2.68. The summed E-state index contributed by atoms with van der Waals surface area (Å²) < 4.78 is 58.4. The minimum Gasteiger partial charge on any atom is -0.461 e. The van der Waals surface area contributed by atoms with Crippen molar-refractivity contribution in [3.8, 4) is 0 Å². The Labute approximate surface area is 254 Å². The summed E-state index contributed by atoms with van der Waals surface area (Å²) in [5, 5.41) is 11.4. The summed E-state index contributed by atoms with van der Waals surface area (Å²) in [6, 6.07) is 7.67. The van der Waals surface area contributed by atoms with Crippen molar-refractivity contribution in [2.75, 3.05) is 19.8 Å². The largest absolute Gasteiger partial charge is 0.461 e. The molecule has 0 aromatic heterocycles. The molecule has 0 aliphatic carbocycles. The van der Waals surface area contributed by atoms with Gasteiger partial charge in [-0.1, -0.05) is 88.7 Å². The van der Waals surface area contributed by atoms with Crippen LogP contribution in [0.1, 0.15) is 89.7 Å². The highest BCUT2D eigenvalue weighted by Crippen LogP contribution is 2.08. The highest BCUT2D eigenvalue weighted by Gasteiger charge is 2.25. The van der Waals surface area contributed by atoms with Crippen LogP contribution in [0.3, 0.4) is 0 Å². The number of rotatable bonds is 15. The topological polar surface area (TPSA) is 128 Å². The van der Waals surface area contributed by atoms with Crippen LogP contribution < -0.4 is 11.1 Å². The molecule has 0 saturated carbocycles. The van der Waals surface area contributed by atoms with Gasteiger partial charge in [0.05, 0.1) is 12.1 Å². The van der Waals surface area contributed by atoms with Crippen molar-refractivity contribution in [1.82, 2.24) is 5.32 Å². The standard InChI is InChI=1S/C22H34N2O6.6CH4.3F2.FH/c1-16(2)13-19(20(26)15-29-12-6-11-25)24-22(28)18(23)9-10-21(27)30-14-17-7-4-3-5-8-17;;;;;;;3*1-2;/h3-5,7-8,16,18-19,25H,6,9-15,23H2,1-2H3,(H,24,28);6*1H4;;;;1H. The van der Waals surface area contributed by atoms with Crippen molar-refractivity contribution in [2.45, 2.75) is 103 Å². The fraction of sp³-hybridized carbons (Fsp3) is 0.679. The first-order valence-electron chi connectivity index (χ1n) is 10.7. The van der Waals surface area contributed by atoms with Crippen molar-refractivity contribution >= 4 is 17.7 Å². The SMILES string of the molecule is C.C.C.C.C.C.CC(C)CC(NC(=O)C(N)CCC(=O)OCc1ccccc1)C(=O)COCCCO.F.FF.FF.FF. The van der Waals surface area contributed by atoms with E-state index in [-0.39, 0.29) is 100 Å². The molecule has 0 aliphatic heterocycles. The zero-order valence-corrected chi connectivity index (χ0v) is 20.5. The number of ketones is 1. The average molecular weight is 653 g/mol. The van der Waals surface area contributed by atoms with E-state index in [0.717, 1.165) is 5.56 Å². The molecule has 0 fully saturated rings. The van der Waals surface area contributed by atoms with Crippen molar-refractivity contribution in [3.63, 3.8) is 0 Å². The number of benzene rings is 1. The molecule has 1 rings (SSSR count). The van der Waals surface area contributed by atoms with Crippen LogP contribution in [0, 0.1) is 5.92 Å². The molecule has 2 atom stereocenters. The van der Waals surface area contributed by atoms with Gasteiger partial charge in [-0.3, -0.25) is 19.1 Å². The molecule has 266 valence electrons. The lowest BCUT2D eigenvalue weighted by Crippen LogP contribution is -2.49. The molecule has 43 heavy (non-hydrogen) atoms. The number of hydrogen-bond donors (Lipinski definition) is 3. The first-order chi connectivity index (χ1) is 17.3. The number of hydrogen-bond acceptors (Lipinski definition) is 7. The minimum atomic E-state index is -0.924. The molecule has 15 heteroatoms. The lowest BCUT2D eigenvalue weighted by atomic mass is 9.99. The molecule has 1 aromatic rings. The molecule has 0 spiro atoms.